The minimum atomic E-state index is -0.00189. The van der Waals surface area contributed by atoms with Crippen molar-refractivity contribution < 1.29 is 19.7 Å². The van der Waals surface area contributed by atoms with Gasteiger partial charge in [-0.15, -0.1) is 0 Å². The van der Waals surface area contributed by atoms with E-state index in [-0.39, 0.29) is 23.8 Å². The molecule has 1 amide bonds. The second-order valence-electron chi connectivity index (χ2n) is 8.08. The van der Waals surface area contributed by atoms with E-state index in [9.17, 15) is 15.0 Å². The van der Waals surface area contributed by atoms with Crippen LogP contribution in [0.1, 0.15) is 38.3 Å². The molecule has 0 aliphatic heterocycles. The molecule has 0 saturated carbocycles. The summed E-state index contributed by atoms with van der Waals surface area (Å²) < 4.78 is 7.37. The molecule has 0 unspecified atom stereocenters. The van der Waals surface area contributed by atoms with Crippen molar-refractivity contribution in [1.82, 2.24) is 9.47 Å². The highest BCUT2D eigenvalue weighted by molar-refractivity contribution is 5.73. The molecule has 1 heterocycles. The molecule has 31 heavy (non-hydrogen) atoms. The largest absolute Gasteiger partial charge is 0.494 e. The fraction of sp³-hybridized carbons (Fsp3) is 0.458. The standard InChI is InChI=1S/C24H33N3O4/c1-17(2)31-22-12-7-6-11-21(22)25-13-16-26(18(3)28)14-8-15-27-23(29)19-9-4-5-10-20(19)24(27)30/h4-7,11-12,17,25,29-30H,8-10,13-16H2,1-3H3. The Labute approximate surface area is 183 Å². The first-order chi connectivity index (χ1) is 14.9. The molecule has 2 aromatic rings. The first kappa shape index (κ1) is 22.6. The van der Waals surface area contributed by atoms with Gasteiger partial charge < -0.3 is 25.2 Å². The topological polar surface area (TPSA) is 87.0 Å². The van der Waals surface area contributed by atoms with E-state index in [1.54, 1.807) is 16.4 Å². The molecule has 0 fully saturated rings. The molecule has 0 saturated heterocycles. The van der Waals surface area contributed by atoms with Gasteiger partial charge in [-0.05, 0) is 45.2 Å². The minimum absolute atomic E-state index is 0.00189. The number of aromatic nitrogens is 1. The number of ether oxygens (including phenoxy) is 1. The molecule has 1 aromatic heterocycles. The van der Waals surface area contributed by atoms with E-state index in [1.807, 2.05) is 50.3 Å². The number of hydrogen-bond acceptors (Lipinski definition) is 5. The smallest absolute Gasteiger partial charge is 0.219 e. The third-order valence-electron chi connectivity index (χ3n) is 5.43. The lowest BCUT2D eigenvalue weighted by atomic mass is 10.0. The van der Waals surface area contributed by atoms with Gasteiger partial charge in [0.05, 0.1) is 11.8 Å². The molecule has 0 atom stereocenters. The van der Waals surface area contributed by atoms with Crippen molar-refractivity contribution in [3.05, 3.63) is 47.5 Å². The molecule has 1 aromatic carbocycles. The fourth-order valence-electron chi connectivity index (χ4n) is 3.88. The first-order valence-corrected chi connectivity index (χ1v) is 10.9. The maximum Gasteiger partial charge on any atom is 0.219 e. The number of carbonyl (C=O) groups excluding carboxylic acids is 1. The van der Waals surface area contributed by atoms with Gasteiger partial charge in [-0.2, -0.15) is 0 Å². The highest BCUT2D eigenvalue weighted by atomic mass is 16.5. The summed E-state index contributed by atoms with van der Waals surface area (Å²) in [4.78, 5) is 13.9. The summed E-state index contributed by atoms with van der Waals surface area (Å²) in [5.74, 6) is 1.06. The summed E-state index contributed by atoms with van der Waals surface area (Å²) in [6, 6.07) is 7.77. The third-order valence-corrected chi connectivity index (χ3v) is 5.43. The Morgan fingerprint density at radius 2 is 1.77 bits per heavy atom. The van der Waals surface area contributed by atoms with Gasteiger partial charge in [-0.3, -0.25) is 9.36 Å². The summed E-state index contributed by atoms with van der Waals surface area (Å²) in [6.45, 7) is 7.68. The molecular formula is C24H33N3O4. The van der Waals surface area contributed by atoms with Crippen molar-refractivity contribution in [2.75, 3.05) is 25.0 Å². The van der Waals surface area contributed by atoms with Gasteiger partial charge in [0.2, 0.25) is 5.91 Å². The number of carbonyl (C=O) groups is 1. The Kier molecular flexibility index (Phi) is 7.50. The highest BCUT2D eigenvalue weighted by Gasteiger charge is 2.22. The molecule has 3 N–H and O–H groups in total. The summed E-state index contributed by atoms with van der Waals surface area (Å²) >= 11 is 0. The maximum atomic E-state index is 12.1. The minimum Gasteiger partial charge on any atom is -0.494 e. The summed E-state index contributed by atoms with van der Waals surface area (Å²) in [5, 5.41) is 24.3. The third kappa shape index (κ3) is 5.54. The molecule has 0 bridgehead atoms. The second kappa shape index (κ2) is 10.3. The first-order valence-electron chi connectivity index (χ1n) is 10.9. The molecule has 7 heteroatoms. The average Bonchev–Trinajstić information content (AvgIpc) is 2.98. The lowest BCUT2D eigenvalue weighted by Crippen LogP contribution is -2.34. The summed E-state index contributed by atoms with van der Waals surface area (Å²) in [6.07, 6.45) is 5.99. The van der Waals surface area contributed by atoms with Crippen molar-refractivity contribution in [3.8, 4) is 17.5 Å². The molecule has 1 aliphatic rings. The quantitative estimate of drug-likeness (QED) is 0.504. The second-order valence-corrected chi connectivity index (χ2v) is 8.08. The van der Waals surface area contributed by atoms with Crippen LogP contribution in [0.15, 0.2) is 36.4 Å². The lowest BCUT2D eigenvalue weighted by molar-refractivity contribution is -0.128. The number of rotatable bonds is 10. The molecule has 168 valence electrons. The number of fused-ring (bicyclic) bond motifs is 1. The van der Waals surface area contributed by atoms with Gasteiger partial charge in [-0.1, -0.05) is 24.3 Å². The fourth-order valence-corrected chi connectivity index (χ4v) is 3.88. The van der Waals surface area contributed by atoms with Crippen molar-refractivity contribution in [1.29, 1.82) is 0 Å². The number of amides is 1. The van der Waals surface area contributed by atoms with E-state index in [1.165, 1.54) is 0 Å². The van der Waals surface area contributed by atoms with Gasteiger partial charge in [0, 0.05) is 44.2 Å². The van der Waals surface area contributed by atoms with E-state index in [0.29, 0.717) is 45.4 Å². The van der Waals surface area contributed by atoms with Crippen LogP contribution in [0.3, 0.4) is 0 Å². The molecule has 3 rings (SSSR count). The summed E-state index contributed by atoms with van der Waals surface area (Å²) in [7, 11) is 0. The van der Waals surface area contributed by atoms with Crippen LogP contribution in [0.5, 0.6) is 17.5 Å². The number of nitrogens with zero attached hydrogens (tertiary/aromatic N) is 2. The average molecular weight is 428 g/mol. The van der Waals surface area contributed by atoms with Crippen molar-refractivity contribution in [2.24, 2.45) is 0 Å². The number of aromatic hydroxyl groups is 2. The van der Waals surface area contributed by atoms with Gasteiger partial charge in [-0.25, -0.2) is 0 Å². The van der Waals surface area contributed by atoms with E-state index in [0.717, 1.165) is 22.6 Å². The lowest BCUT2D eigenvalue weighted by Gasteiger charge is -2.22. The predicted octanol–water partition coefficient (Wildman–Crippen LogP) is 3.69. The van der Waals surface area contributed by atoms with Gasteiger partial charge in [0.15, 0.2) is 11.8 Å². The zero-order valence-corrected chi connectivity index (χ0v) is 18.6. The van der Waals surface area contributed by atoms with Crippen LogP contribution in [-0.4, -0.2) is 51.3 Å². The van der Waals surface area contributed by atoms with Crippen LogP contribution in [0, 0.1) is 0 Å². The maximum absolute atomic E-state index is 12.1. The predicted molar refractivity (Wildman–Crippen MR) is 122 cm³/mol. The van der Waals surface area contributed by atoms with Crippen molar-refractivity contribution in [3.63, 3.8) is 0 Å². The number of benzene rings is 1. The number of hydrogen-bond donors (Lipinski definition) is 3. The Morgan fingerprint density at radius 3 is 2.39 bits per heavy atom. The Balaban J connectivity index is 1.53. The molecule has 0 spiro atoms. The monoisotopic (exact) mass is 427 g/mol. The SMILES string of the molecule is CC(=O)N(CCCn1c(O)c2c(c1O)CC=CC2)CCNc1ccccc1OC(C)C. The van der Waals surface area contributed by atoms with Crippen LogP contribution in [-0.2, 0) is 24.2 Å². The highest BCUT2D eigenvalue weighted by Crippen LogP contribution is 2.36. The number of allylic oxidation sites excluding steroid dienone is 2. The van der Waals surface area contributed by atoms with E-state index < -0.39 is 0 Å². The number of anilines is 1. The Hall–Kier alpha value is -3.09. The summed E-state index contributed by atoms with van der Waals surface area (Å²) in [5.41, 5.74) is 2.51. The van der Waals surface area contributed by atoms with Gasteiger partial charge in [0.1, 0.15) is 5.75 Å². The van der Waals surface area contributed by atoms with Crippen LogP contribution >= 0.6 is 0 Å². The van der Waals surface area contributed by atoms with Crippen LogP contribution in [0.25, 0.3) is 0 Å². The molecule has 1 aliphatic carbocycles. The number of nitrogens with one attached hydrogen (secondary N) is 1. The van der Waals surface area contributed by atoms with Crippen LogP contribution < -0.4 is 10.1 Å². The Bertz CT molecular complexity index is 902. The molecule has 0 radical (unpaired) electrons. The van der Waals surface area contributed by atoms with Gasteiger partial charge >= 0.3 is 0 Å². The van der Waals surface area contributed by atoms with Crippen LogP contribution in [0.4, 0.5) is 5.69 Å². The number of para-hydroxylation sites is 2. The van der Waals surface area contributed by atoms with E-state index in [2.05, 4.69) is 5.32 Å². The van der Waals surface area contributed by atoms with Crippen LogP contribution in [0.2, 0.25) is 0 Å². The normalized spacial score (nSPS) is 12.6. The molecule has 7 nitrogen and oxygen atoms in total. The van der Waals surface area contributed by atoms with E-state index in [4.69, 9.17) is 4.74 Å². The zero-order valence-electron chi connectivity index (χ0n) is 18.6. The van der Waals surface area contributed by atoms with Gasteiger partial charge in [0.25, 0.3) is 0 Å². The van der Waals surface area contributed by atoms with Crippen molar-refractivity contribution in [2.45, 2.75) is 52.7 Å². The molecular weight excluding hydrogens is 394 g/mol. The van der Waals surface area contributed by atoms with Crippen molar-refractivity contribution >= 4 is 11.6 Å². The van der Waals surface area contributed by atoms with E-state index >= 15 is 0 Å². The zero-order chi connectivity index (χ0) is 22.4. The Morgan fingerprint density at radius 1 is 1.13 bits per heavy atom.